The predicted molar refractivity (Wildman–Crippen MR) is 79.7 cm³/mol. The summed E-state index contributed by atoms with van der Waals surface area (Å²) in [6, 6.07) is 8.03. The Labute approximate surface area is 121 Å². The first-order chi connectivity index (χ1) is 9.40. The highest BCUT2D eigenvalue weighted by atomic mass is 35.5. The molecule has 0 aliphatic heterocycles. The molecule has 0 radical (unpaired) electrons. The van der Waals surface area contributed by atoms with Crippen molar-refractivity contribution in [3.05, 3.63) is 57.9 Å². The lowest BCUT2D eigenvalue weighted by atomic mass is 10.1. The fourth-order valence-electron chi connectivity index (χ4n) is 1.93. The van der Waals surface area contributed by atoms with Gasteiger partial charge in [-0.25, -0.2) is 4.39 Å². The van der Waals surface area contributed by atoms with Gasteiger partial charge in [0.2, 0.25) is 0 Å². The minimum absolute atomic E-state index is 0.0955. The number of carbonyl (C=O) groups excluding carboxylic acids is 1. The molecule has 1 amide bonds. The van der Waals surface area contributed by atoms with E-state index in [1.165, 1.54) is 12.1 Å². The number of hydrogen-bond acceptors (Lipinski definition) is 2. The van der Waals surface area contributed by atoms with Crippen molar-refractivity contribution in [2.45, 2.75) is 13.8 Å². The molecule has 0 atom stereocenters. The number of carbonyl (C=O) groups is 1. The first-order valence-electron chi connectivity index (χ1n) is 6.02. The third-order valence-electron chi connectivity index (χ3n) is 2.98. The van der Waals surface area contributed by atoms with Crippen LogP contribution >= 0.6 is 11.6 Å². The zero-order chi connectivity index (χ0) is 14.9. The van der Waals surface area contributed by atoms with E-state index in [1.54, 1.807) is 19.1 Å². The molecule has 0 unspecified atom stereocenters. The van der Waals surface area contributed by atoms with Crippen molar-refractivity contribution in [3.63, 3.8) is 0 Å². The van der Waals surface area contributed by atoms with Crippen molar-refractivity contribution in [1.82, 2.24) is 0 Å². The Bertz CT molecular complexity index is 666. The third-order valence-corrected chi connectivity index (χ3v) is 3.30. The second-order valence-corrected chi connectivity index (χ2v) is 4.99. The van der Waals surface area contributed by atoms with E-state index in [-0.39, 0.29) is 5.56 Å². The molecule has 3 nitrogen and oxygen atoms in total. The minimum Gasteiger partial charge on any atom is -0.399 e. The van der Waals surface area contributed by atoms with Crippen molar-refractivity contribution in [1.29, 1.82) is 0 Å². The van der Waals surface area contributed by atoms with Crippen molar-refractivity contribution in [2.24, 2.45) is 0 Å². The number of aryl methyl sites for hydroxylation is 2. The van der Waals surface area contributed by atoms with Crippen LogP contribution in [-0.4, -0.2) is 5.91 Å². The van der Waals surface area contributed by atoms with Gasteiger partial charge in [0.05, 0.1) is 16.3 Å². The molecule has 5 heteroatoms. The molecule has 0 heterocycles. The van der Waals surface area contributed by atoms with Crippen LogP contribution in [0.2, 0.25) is 5.02 Å². The maximum absolute atomic E-state index is 14.0. The lowest BCUT2D eigenvalue weighted by molar-refractivity contribution is 0.102. The fourth-order valence-corrected chi connectivity index (χ4v) is 2.20. The van der Waals surface area contributed by atoms with Gasteiger partial charge in [0.15, 0.2) is 0 Å². The Morgan fingerprint density at radius 3 is 2.60 bits per heavy atom. The largest absolute Gasteiger partial charge is 0.399 e. The number of amides is 1. The second-order valence-electron chi connectivity index (χ2n) is 4.59. The number of nitrogen functional groups attached to an aromatic ring is 1. The number of nitrogens with one attached hydrogen (secondary N) is 1. The molecular weight excluding hydrogens is 279 g/mol. The molecule has 20 heavy (non-hydrogen) atoms. The van der Waals surface area contributed by atoms with Crippen LogP contribution in [0.5, 0.6) is 0 Å². The van der Waals surface area contributed by atoms with Crippen molar-refractivity contribution in [2.75, 3.05) is 11.1 Å². The third kappa shape index (κ3) is 2.75. The smallest absolute Gasteiger partial charge is 0.258 e. The van der Waals surface area contributed by atoms with Crippen LogP contribution < -0.4 is 11.1 Å². The number of anilines is 2. The van der Waals surface area contributed by atoms with Crippen LogP contribution in [0, 0.1) is 19.7 Å². The monoisotopic (exact) mass is 292 g/mol. The summed E-state index contributed by atoms with van der Waals surface area (Å²) in [5.41, 5.74) is 7.48. The Morgan fingerprint density at radius 2 is 1.95 bits per heavy atom. The molecule has 2 aromatic carbocycles. The highest BCUT2D eigenvalue weighted by Crippen LogP contribution is 2.26. The maximum Gasteiger partial charge on any atom is 0.258 e. The molecule has 0 aliphatic rings. The van der Waals surface area contributed by atoms with E-state index in [0.29, 0.717) is 22.0 Å². The highest BCUT2D eigenvalue weighted by molar-refractivity contribution is 6.34. The number of benzene rings is 2. The number of rotatable bonds is 2. The lowest BCUT2D eigenvalue weighted by Crippen LogP contribution is -2.16. The first kappa shape index (κ1) is 14.3. The quantitative estimate of drug-likeness (QED) is 0.824. The van der Waals surface area contributed by atoms with Crippen LogP contribution in [0.4, 0.5) is 15.8 Å². The van der Waals surface area contributed by atoms with E-state index in [9.17, 15) is 9.18 Å². The number of halogens is 2. The van der Waals surface area contributed by atoms with Gasteiger partial charge >= 0.3 is 0 Å². The van der Waals surface area contributed by atoms with Crippen molar-refractivity contribution in [3.8, 4) is 0 Å². The van der Waals surface area contributed by atoms with Gasteiger partial charge in [-0.3, -0.25) is 4.79 Å². The van der Waals surface area contributed by atoms with Gasteiger partial charge in [-0.1, -0.05) is 23.7 Å². The van der Waals surface area contributed by atoms with Crippen LogP contribution in [-0.2, 0) is 0 Å². The summed E-state index contributed by atoms with van der Waals surface area (Å²) in [4.78, 5) is 12.2. The minimum atomic E-state index is -0.582. The van der Waals surface area contributed by atoms with Gasteiger partial charge in [-0.2, -0.15) is 0 Å². The normalized spacial score (nSPS) is 10.4. The van der Waals surface area contributed by atoms with E-state index in [1.807, 2.05) is 13.0 Å². The molecular formula is C15H14ClFN2O. The van der Waals surface area contributed by atoms with Gasteiger partial charge in [-0.05, 0) is 43.2 Å². The van der Waals surface area contributed by atoms with Gasteiger partial charge in [0.25, 0.3) is 5.91 Å². The van der Waals surface area contributed by atoms with Crippen LogP contribution in [0.1, 0.15) is 21.5 Å². The molecule has 0 saturated carbocycles. The molecule has 3 N–H and O–H groups in total. The summed E-state index contributed by atoms with van der Waals surface area (Å²) in [5, 5.41) is 3.03. The predicted octanol–water partition coefficient (Wildman–Crippen LogP) is 3.93. The maximum atomic E-state index is 14.0. The Balaban J connectivity index is 2.39. The molecule has 2 rings (SSSR count). The topological polar surface area (TPSA) is 55.1 Å². The molecule has 0 aromatic heterocycles. The summed E-state index contributed by atoms with van der Waals surface area (Å²) in [5.74, 6) is -1.16. The summed E-state index contributed by atoms with van der Waals surface area (Å²) in [7, 11) is 0. The molecule has 0 saturated heterocycles. The summed E-state index contributed by atoms with van der Waals surface area (Å²) >= 11 is 6.03. The van der Waals surface area contributed by atoms with E-state index >= 15 is 0 Å². The second kappa shape index (κ2) is 5.51. The van der Waals surface area contributed by atoms with Crippen molar-refractivity contribution >= 4 is 28.9 Å². The highest BCUT2D eigenvalue weighted by Gasteiger charge is 2.16. The Kier molecular flexibility index (Phi) is 3.95. The van der Waals surface area contributed by atoms with Crippen LogP contribution in [0.3, 0.4) is 0 Å². The summed E-state index contributed by atoms with van der Waals surface area (Å²) < 4.78 is 14.0. The van der Waals surface area contributed by atoms with Gasteiger partial charge in [-0.15, -0.1) is 0 Å². The first-order valence-corrected chi connectivity index (χ1v) is 6.40. The standard InChI is InChI=1S/C15H14ClFN2O/c1-8-4-3-5-12(16)14(8)19-15(20)11-7-10(18)6-9(2)13(11)17/h3-7H,18H2,1-2H3,(H,19,20). The molecule has 104 valence electrons. The van der Waals surface area contributed by atoms with E-state index in [0.717, 1.165) is 5.56 Å². The fraction of sp³-hybridized carbons (Fsp3) is 0.133. The Morgan fingerprint density at radius 1 is 1.25 bits per heavy atom. The van der Waals surface area contributed by atoms with E-state index in [4.69, 9.17) is 17.3 Å². The van der Waals surface area contributed by atoms with Gasteiger partial charge < -0.3 is 11.1 Å². The summed E-state index contributed by atoms with van der Waals surface area (Å²) in [6.07, 6.45) is 0. The lowest BCUT2D eigenvalue weighted by Gasteiger charge is -2.12. The molecule has 0 bridgehead atoms. The SMILES string of the molecule is Cc1cc(N)cc(C(=O)Nc2c(C)cccc2Cl)c1F. The molecule has 0 fully saturated rings. The number of para-hydroxylation sites is 1. The Hall–Kier alpha value is -2.07. The van der Waals surface area contributed by atoms with Crippen LogP contribution in [0.15, 0.2) is 30.3 Å². The number of hydrogen-bond donors (Lipinski definition) is 2. The zero-order valence-electron chi connectivity index (χ0n) is 11.1. The number of nitrogens with two attached hydrogens (primary N) is 1. The van der Waals surface area contributed by atoms with E-state index < -0.39 is 11.7 Å². The average Bonchev–Trinajstić information content (AvgIpc) is 2.38. The van der Waals surface area contributed by atoms with Crippen molar-refractivity contribution < 1.29 is 9.18 Å². The molecule has 0 spiro atoms. The van der Waals surface area contributed by atoms with Crippen LogP contribution in [0.25, 0.3) is 0 Å². The summed E-state index contributed by atoms with van der Waals surface area (Å²) in [6.45, 7) is 3.37. The molecule has 2 aromatic rings. The molecule has 0 aliphatic carbocycles. The zero-order valence-corrected chi connectivity index (χ0v) is 11.9. The average molecular weight is 293 g/mol. The van der Waals surface area contributed by atoms with E-state index in [2.05, 4.69) is 5.32 Å². The van der Waals surface area contributed by atoms with Gasteiger partial charge in [0, 0.05) is 5.69 Å². The van der Waals surface area contributed by atoms with Gasteiger partial charge in [0.1, 0.15) is 5.82 Å².